The second-order valence-electron chi connectivity index (χ2n) is 4.83. The van der Waals surface area contributed by atoms with Crippen molar-refractivity contribution >= 4 is 56.3 Å². The summed E-state index contributed by atoms with van der Waals surface area (Å²) in [7, 11) is -3.79. The minimum Gasteiger partial charge on any atom is -0.420 e. The molecule has 0 amide bonds. The summed E-state index contributed by atoms with van der Waals surface area (Å²) in [6.45, 7) is 0. The van der Waals surface area contributed by atoms with Gasteiger partial charge >= 0.3 is 5.97 Å². The summed E-state index contributed by atoms with van der Waals surface area (Å²) in [4.78, 5) is 22.0. The Hall–Kier alpha value is -1.87. The molecule has 0 N–H and O–H groups in total. The van der Waals surface area contributed by atoms with Crippen LogP contribution in [-0.4, -0.2) is 25.6 Å². The lowest BCUT2D eigenvalue weighted by molar-refractivity contribution is -0.385. The van der Waals surface area contributed by atoms with Crippen LogP contribution in [0, 0.1) is 10.1 Å². The number of nitrogens with zero attached hydrogens (tertiary/aromatic N) is 1. The Bertz CT molecular complexity index is 967. The predicted molar refractivity (Wildman–Crippen MR) is 92.6 cm³/mol. The van der Waals surface area contributed by atoms with E-state index in [0.29, 0.717) is 0 Å². The molecule has 0 saturated carbocycles. The van der Waals surface area contributed by atoms with Crippen molar-refractivity contribution in [3.8, 4) is 5.75 Å². The second kappa shape index (κ2) is 7.17. The highest BCUT2D eigenvalue weighted by atomic mass is 35.5. The standard InChI is InChI=1S/C14H8Cl3NO6S/c1-25(22,23)10-3-7(2-9(6-10)18(20)21)14(19)24-13-11(16)4-8(15)5-12(13)17/h2-6H,1H3. The monoisotopic (exact) mass is 423 g/mol. The molecule has 2 aromatic carbocycles. The van der Waals surface area contributed by atoms with E-state index in [-0.39, 0.29) is 26.4 Å². The number of carbonyl (C=O) groups excluding carboxylic acids is 1. The van der Waals surface area contributed by atoms with Gasteiger partial charge in [-0.15, -0.1) is 0 Å². The summed E-state index contributed by atoms with van der Waals surface area (Å²) in [6, 6.07) is 5.26. The smallest absolute Gasteiger partial charge is 0.343 e. The maximum absolute atomic E-state index is 12.3. The Morgan fingerprint density at radius 3 is 2.12 bits per heavy atom. The SMILES string of the molecule is CS(=O)(=O)c1cc(C(=O)Oc2c(Cl)cc(Cl)cc2Cl)cc([N+](=O)[O-])c1. The molecule has 0 atom stereocenters. The first-order valence-electron chi connectivity index (χ1n) is 6.35. The highest BCUT2D eigenvalue weighted by molar-refractivity contribution is 7.90. The van der Waals surface area contributed by atoms with Crippen LogP contribution in [0.1, 0.15) is 10.4 Å². The molecule has 7 nitrogen and oxygen atoms in total. The maximum Gasteiger partial charge on any atom is 0.343 e. The summed E-state index contributed by atoms with van der Waals surface area (Å²) in [6.07, 6.45) is 0.855. The van der Waals surface area contributed by atoms with Gasteiger partial charge in [-0.05, 0) is 18.2 Å². The molecule has 132 valence electrons. The van der Waals surface area contributed by atoms with E-state index in [4.69, 9.17) is 39.5 Å². The van der Waals surface area contributed by atoms with Crippen LogP contribution in [0.25, 0.3) is 0 Å². The molecule has 0 heterocycles. The van der Waals surface area contributed by atoms with E-state index in [1.807, 2.05) is 0 Å². The number of non-ortho nitro benzene ring substituents is 1. The van der Waals surface area contributed by atoms with E-state index in [1.54, 1.807) is 0 Å². The molecule has 0 fully saturated rings. The Morgan fingerprint density at radius 2 is 1.64 bits per heavy atom. The zero-order valence-electron chi connectivity index (χ0n) is 12.3. The normalized spacial score (nSPS) is 11.2. The lowest BCUT2D eigenvalue weighted by Gasteiger charge is -2.09. The molecule has 11 heteroatoms. The number of nitro groups is 1. The third-order valence-electron chi connectivity index (χ3n) is 2.92. The maximum atomic E-state index is 12.3. The second-order valence-corrected chi connectivity index (χ2v) is 8.10. The molecule has 0 saturated heterocycles. The summed E-state index contributed by atoms with van der Waals surface area (Å²) in [5, 5.41) is 11.1. The molecular weight excluding hydrogens is 417 g/mol. The van der Waals surface area contributed by atoms with Crippen LogP contribution in [0.5, 0.6) is 5.75 Å². The van der Waals surface area contributed by atoms with E-state index in [9.17, 15) is 23.3 Å². The molecule has 2 rings (SSSR count). The fourth-order valence-corrected chi connectivity index (χ4v) is 3.37. The molecule has 0 unspecified atom stereocenters. The molecular formula is C14H8Cl3NO6S. The van der Waals surface area contributed by atoms with Crippen LogP contribution >= 0.6 is 34.8 Å². The van der Waals surface area contributed by atoms with Gasteiger partial charge in [0.25, 0.3) is 5.69 Å². The highest BCUT2D eigenvalue weighted by Crippen LogP contribution is 2.36. The number of sulfone groups is 1. The summed E-state index contributed by atoms with van der Waals surface area (Å²) in [5.41, 5.74) is -0.931. The largest absolute Gasteiger partial charge is 0.420 e. The lowest BCUT2D eigenvalue weighted by atomic mass is 10.2. The van der Waals surface area contributed by atoms with Gasteiger partial charge in [0.2, 0.25) is 0 Å². The Labute approximate surface area is 157 Å². The van der Waals surface area contributed by atoms with Crippen molar-refractivity contribution in [3.63, 3.8) is 0 Å². The fourth-order valence-electron chi connectivity index (χ4n) is 1.80. The first-order chi connectivity index (χ1) is 11.5. The molecule has 2 aromatic rings. The van der Waals surface area contributed by atoms with Crippen molar-refractivity contribution in [1.82, 2.24) is 0 Å². The van der Waals surface area contributed by atoms with E-state index in [0.717, 1.165) is 24.5 Å². The van der Waals surface area contributed by atoms with Gasteiger partial charge in [0, 0.05) is 23.4 Å². The van der Waals surface area contributed by atoms with Crippen molar-refractivity contribution in [3.05, 3.63) is 61.1 Å². The zero-order chi connectivity index (χ0) is 18.9. The zero-order valence-corrected chi connectivity index (χ0v) is 15.4. The third kappa shape index (κ3) is 4.60. The average Bonchev–Trinajstić information content (AvgIpc) is 2.49. The van der Waals surface area contributed by atoms with Crippen LogP contribution in [0.4, 0.5) is 5.69 Å². The fraction of sp³-hybridized carbons (Fsp3) is 0.0714. The number of rotatable bonds is 4. The van der Waals surface area contributed by atoms with E-state index in [1.165, 1.54) is 12.1 Å². The number of hydrogen-bond donors (Lipinski definition) is 0. The molecule has 25 heavy (non-hydrogen) atoms. The molecule has 0 aliphatic rings. The highest BCUT2D eigenvalue weighted by Gasteiger charge is 2.22. The van der Waals surface area contributed by atoms with Crippen LogP contribution < -0.4 is 4.74 Å². The molecule has 0 spiro atoms. The number of halogens is 3. The number of nitro benzene ring substituents is 1. The van der Waals surface area contributed by atoms with Gasteiger partial charge in [-0.2, -0.15) is 0 Å². The first kappa shape index (κ1) is 19.5. The lowest BCUT2D eigenvalue weighted by Crippen LogP contribution is -2.11. The first-order valence-corrected chi connectivity index (χ1v) is 9.38. The third-order valence-corrected chi connectivity index (χ3v) is 4.80. The molecule has 0 radical (unpaired) electrons. The van der Waals surface area contributed by atoms with E-state index in [2.05, 4.69) is 0 Å². The number of hydrogen-bond acceptors (Lipinski definition) is 6. The minimum atomic E-state index is -3.79. The topological polar surface area (TPSA) is 104 Å². The number of carbonyl (C=O) groups is 1. The Morgan fingerprint density at radius 1 is 1.08 bits per heavy atom. The molecule has 0 aromatic heterocycles. The summed E-state index contributed by atoms with van der Waals surface area (Å²) >= 11 is 17.6. The summed E-state index contributed by atoms with van der Waals surface area (Å²) in [5.74, 6) is -1.27. The van der Waals surface area contributed by atoms with Crippen molar-refractivity contribution < 1.29 is 22.9 Å². The quantitative estimate of drug-likeness (QED) is 0.316. The number of benzene rings is 2. The van der Waals surface area contributed by atoms with Crippen LogP contribution in [0.3, 0.4) is 0 Å². The molecule has 0 bridgehead atoms. The van der Waals surface area contributed by atoms with Crippen LogP contribution in [0.2, 0.25) is 15.1 Å². The number of esters is 1. The van der Waals surface area contributed by atoms with Crippen molar-refractivity contribution in [2.45, 2.75) is 4.90 Å². The summed E-state index contributed by atoms with van der Waals surface area (Å²) < 4.78 is 28.4. The van der Waals surface area contributed by atoms with Gasteiger partial charge in [0.15, 0.2) is 15.6 Å². The van der Waals surface area contributed by atoms with Gasteiger partial charge in [0.1, 0.15) is 0 Å². The van der Waals surface area contributed by atoms with Gasteiger partial charge in [-0.3, -0.25) is 10.1 Å². The van der Waals surface area contributed by atoms with Crippen molar-refractivity contribution in [2.75, 3.05) is 6.26 Å². The average molecular weight is 425 g/mol. The van der Waals surface area contributed by atoms with Gasteiger partial charge in [0.05, 0.1) is 25.4 Å². The van der Waals surface area contributed by atoms with E-state index < -0.39 is 31.3 Å². The van der Waals surface area contributed by atoms with Gasteiger partial charge in [-0.1, -0.05) is 34.8 Å². The van der Waals surface area contributed by atoms with Crippen LogP contribution in [0.15, 0.2) is 35.2 Å². The predicted octanol–water partition coefficient (Wildman–Crippen LogP) is 4.18. The van der Waals surface area contributed by atoms with Gasteiger partial charge < -0.3 is 4.74 Å². The Kier molecular flexibility index (Phi) is 5.58. The molecule has 0 aliphatic carbocycles. The Balaban J connectivity index is 2.50. The number of ether oxygens (including phenoxy) is 1. The van der Waals surface area contributed by atoms with Crippen molar-refractivity contribution in [2.24, 2.45) is 0 Å². The van der Waals surface area contributed by atoms with E-state index >= 15 is 0 Å². The van der Waals surface area contributed by atoms with Crippen LogP contribution in [-0.2, 0) is 9.84 Å². The van der Waals surface area contributed by atoms with Gasteiger partial charge in [-0.25, -0.2) is 13.2 Å². The van der Waals surface area contributed by atoms with Crippen molar-refractivity contribution in [1.29, 1.82) is 0 Å². The molecule has 0 aliphatic heterocycles. The minimum absolute atomic E-state index is 0.0559.